The van der Waals surface area contributed by atoms with Crippen LogP contribution in [0.25, 0.3) is 0 Å². The predicted octanol–water partition coefficient (Wildman–Crippen LogP) is 3.28. The molecule has 0 aromatic carbocycles. The molecule has 0 aliphatic carbocycles. The van der Waals surface area contributed by atoms with Crippen LogP contribution in [0.3, 0.4) is 0 Å². The molecule has 0 saturated carbocycles. The Bertz CT molecular complexity index is 313. The second-order valence-electron chi connectivity index (χ2n) is 4.25. The monoisotopic (exact) mass is 257 g/mol. The van der Waals surface area contributed by atoms with Crippen LogP contribution in [-0.4, -0.2) is 6.54 Å². The van der Waals surface area contributed by atoms with Gasteiger partial charge in [0.1, 0.15) is 5.76 Å². The van der Waals surface area contributed by atoms with E-state index in [2.05, 4.69) is 35.1 Å². The summed E-state index contributed by atoms with van der Waals surface area (Å²) in [5.41, 5.74) is 0.0440. The minimum Gasteiger partial charge on any atom is -0.466 e. The van der Waals surface area contributed by atoms with Crippen LogP contribution in [0.1, 0.15) is 32.4 Å². The smallest absolute Gasteiger partial charge is 0.138 e. The molecule has 2 nitrogen and oxygen atoms in total. The minimum absolute atomic E-state index is 0.0440. The Morgan fingerprint density at radius 1 is 1.57 bits per heavy atom. The molecule has 1 atom stereocenters. The molecule has 1 aromatic heterocycles. The van der Waals surface area contributed by atoms with Crippen LogP contribution in [0.5, 0.6) is 0 Å². The number of nitrogens with one attached hydrogen (secondary N) is 1. The molecule has 2 rings (SSSR count). The normalized spacial score (nSPS) is 27.4. The fourth-order valence-corrected chi connectivity index (χ4v) is 2.88. The van der Waals surface area contributed by atoms with E-state index in [4.69, 9.17) is 4.42 Å². The van der Waals surface area contributed by atoms with E-state index in [1.165, 1.54) is 6.42 Å². The van der Waals surface area contributed by atoms with Gasteiger partial charge in [-0.15, -0.1) is 0 Å². The quantitative estimate of drug-likeness (QED) is 0.880. The summed E-state index contributed by atoms with van der Waals surface area (Å²) in [6, 6.07) is 1.97. The van der Waals surface area contributed by atoms with Gasteiger partial charge in [0.05, 0.1) is 16.3 Å². The second-order valence-corrected chi connectivity index (χ2v) is 5.11. The van der Waals surface area contributed by atoms with Gasteiger partial charge in [-0.2, -0.15) is 0 Å². The highest BCUT2D eigenvalue weighted by Gasteiger charge is 2.42. The van der Waals surface area contributed by atoms with E-state index in [9.17, 15) is 0 Å². The Balaban J connectivity index is 2.41. The van der Waals surface area contributed by atoms with Gasteiger partial charge in [0.15, 0.2) is 0 Å². The van der Waals surface area contributed by atoms with Crippen molar-refractivity contribution < 1.29 is 4.42 Å². The van der Waals surface area contributed by atoms with Crippen molar-refractivity contribution in [3.63, 3.8) is 0 Å². The summed E-state index contributed by atoms with van der Waals surface area (Å²) in [5, 5.41) is 3.59. The average molecular weight is 258 g/mol. The summed E-state index contributed by atoms with van der Waals surface area (Å²) in [6.45, 7) is 5.58. The Labute approximate surface area is 93.2 Å². The van der Waals surface area contributed by atoms with Gasteiger partial charge in [0.25, 0.3) is 0 Å². The first-order valence-corrected chi connectivity index (χ1v) is 5.94. The molecule has 1 aliphatic heterocycles. The number of hydrogen-bond donors (Lipinski definition) is 1. The van der Waals surface area contributed by atoms with Gasteiger partial charge in [0.2, 0.25) is 0 Å². The van der Waals surface area contributed by atoms with Gasteiger partial charge >= 0.3 is 0 Å². The molecular formula is C11H16BrNO. The van der Waals surface area contributed by atoms with Crippen molar-refractivity contribution in [2.75, 3.05) is 6.54 Å². The molecule has 3 heteroatoms. The summed E-state index contributed by atoms with van der Waals surface area (Å²) in [5.74, 6) is 1.61. The highest BCUT2D eigenvalue weighted by atomic mass is 79.9. The van der Waals surface area contributed by atoms with Crippen molar-refractivity contribution in [1.29, 1.82) is 0 Å². The van der Waals surface area contributed by atoms with Crippen LogP contribution in [-0.2, 0) is 5.54 Å². The summed E-state index contributed by atoms with van der Waals surface area (Å²) in [6.07, 6.45) is 4.14. The Hall–Kier alpha value is -0.280. The molecule has 0 amide bonds. The summed E-state index contributed by atoms with van der Waals surface area (Å²) < 4.78 is 6.69. The summed E-state index contributed by atoms with van der Waals surface area (Å²) >= 11 is 3.55. The van der Waals surface area contributed by atoms with E-state index in [0.717, 1.165) is 23.2 Å². The lowest BCUT2D eigenvalue weighted by molar-refractivity contribution is 0.224. The maximum absolute atomic E-state index is 5.60. The molecule has 1 aromatic rings. The van der Waals surface area contributed by atoms with E-state index in [-0.39, 0.29) is 5.54 Å². The molecule has 1 fully saturated rings. The Kier molecular flexibility index (Phi) is 2.71. The third kappa shape index (κ3) is 1.43. The molecule has 14 heavy (non-hydrogen) atoms. The molecule has 0 radical (unpaired) electrons. The fraction of sp³-hybridized carbons (Fsp3) is 0.636. The Morgan fingerprint density at radius 2 is 2.36 bits per heavy atom. The largest absolute Gasteiger partial charge is 0.466 e. The molecule has 1 aliphatic rings. The highest BCUT2D eigenvalue weighted by molar-refractivity contribution is 9.10. The number of hydrogen-bond acceptors (Lipinski definition) is 2. The van der Waals surface area contributed by atoms with Crippen LogP contribution in [0.2, 0.25) is 0 Å². The van der Waals surface area contributed by atoms with E-state index in [1.54, 1.807) is 6.26 Å². The molecule has 1 N–H and O–H groups in total. The van der Waals surface area contributed by atoms with Crippen molar-refractivity contribution in [2.45, 2.75) is 32.2 Å². The van der Waals surface area contributed by atoms with E-state index in [1.807, 2.05) is 6.07 Å². The van der Waals surface area contributed by atoms with Gasteiger partial charge in [-0.1, -0.05) is 13.8 Å². The van der Waals surface area contributed by atoms with E-state index in [0.29, 0.717) is 5.92 Å². The molecule has 2 heterocycles. The van der Waals surface area contributed by atoms with Crippen LogP contribution in [0.4, 0.5) is 0 Å². The number of furan rings is 1. The zero-order chi connectivity index (χ0) is 10.2. The summed E-state index contributed by atoms with van der Waals surface area (Å²) in [4.78, 5) is 0. The third-order valence-electron chi connectivity index (χ3n) is 3.20. The van der Waals surface area contributed by atoms with Gasteiger partial charge in [-0.05, 0) is 47.3 Å². The predicted molar refractivity (Wildman–Crippen MR) is 60.2 cm³/mol. The van der Waals surface area contributed by atoms with Gasteiger partial charge < -0.3 is 9.73 Å². The Morgan fingerprint density at radius 3 is 2.79 bits per heavy atom. The van der Waals surface area contributed by atoms with Crippen LogP contribution >= 0.6 is 15.9 Å². The molecule has 1 unspecified atom stereocenters. The van der Waals surface area contributed by atoms with E-state index >= 15 is 0 Å². The van der Waals surface area contributed by atoms with Gasteiger partial charge in [-0.25, -0.2) is 0 Å². The van der Waals surface area contributed by atoms with E-state index < -0.39 is 0 Å². The molecule has 0 bridgehead atoms. The number of halogens is 1. The summed E-state index contributed by atoms with van der Waals surface area (Å²) in [7, 11) is 0. The molecular weight excluding hydrogens is 242 g/mol. The first kappa shape index (κ1) is 10.2. The van der Waals surface area contributed by atoms with Crippen molar-refractivity contribution in [1.82, 2.24) is 5.32 Å². The standard InChI is InChI=1S/C11H16BrNO/c1-8(2)11(5-3-6-13-11)10-9(12)4-7-14-10/h4,7-8,13H,3,5-6H2,1-2H3. The maximum atomic E-state index is 5.60. The van der Waals surface area contributed by atoms with Crippen molar-refractivity contribution in [3.8, 4) is 0 Å². The fourth-order valence-electron chi connectivity index (χ4n) is 2.33. The molecule has 0 spiro atoms. The van der Waals surface area contributed by atoms with Crippen molar-refractivity contribution in [2.24, 2.45) is 5.92 Å². The topological polar surface area (TPSA) is 25.2 Å². The van der Waals surface area contributed by atoms with Gasteiger partial charge in [-0.3, -0.25) is 0 Å². The van der Waals surface area contributed by atoms with Crippen LogP contribution in [0, 0.1) is 5.92 Å². The zero-order valence-corrected chi connectivity index (χ0v) is 10.2. The first-order valence-electron chi connectivity index (χ1n) is 5.15. The lowest BCUT2D eigenvalue weighted by atomic mass is 9.83. The number of rotatable bonds is 2. The molecule has 1 saturated heterocycles. The minimum atomic E-state index is 0.0440. The SMILES string of the molecule is CC(C)C1(c2occc2Br)CCCN1. The first-order chi connectivity index (χ1) is 6.67. The van der Waals surface area contributed by atoms with Crippen molar-refractivity contribution >= 4 is 15.9 Å². The van der Waals surface area contributed by atoms with Gasteiger partial charge in [0, 0.05) is 0 Å². The maximum Gasteiger partial charge on any atom is 0.138 e. The van der Waals surface area contributed by atoms with Crippen LogP contribution < -0.4 is 5.32 Å². The third-order valence-corrected chi connectivity index (χ3v) is 3.82. The van der Waals surface area contributed by atoms with Crippen molar-refractivity contribution in [3.05, 3.63) is 22.6 Å². The van der Waals surface area contributed by atoms with Crippen LogP contribution in [0.15, 0.2) is 21.2 Å². The average Bonchev–Trinajstić information content (AvgIpc) is 2.72. The molecule has 78 valence electrons. The zero-order valence-electron chi connectivity index (χ0n) is 8.64. The highest BCUT2D eigenvalue weighted by Crippen LogP contribution is 2.41. The lowest BCUT2D eigenvalue weighted by Crippen LogP contribution is -2.41. The second kappa shape index (κ2) is 3.70. The lowest BCUT2D eigenvalue weighted by Gasteiger charge is -2.32.